The van der Waals surface area contributed by atoms with Crippen LogP contribution in [0.1, 0.15) is 18.4 Å². The van der Waals surface area contributed by atoms with E-state index in [1.165, 1.54) is 65.4 Å². The standard InChI is InChI=1S/C52H32O/c1-3-19-35-33(15-1)17-11-27-37(35)39-21-5-6-22-40(39)49-41-23-7-9-25-43(41)50(44-26-10-8-24-42(44)49)46-30-14-32-48-51(46)47-31-13-29-45(52(47)53-48)38-28-12-18-34-16-2-4-20-36(34)38/h1-7,9-10,12-23,25-26,28-32H,11,27H2. The van der Waals surface area contributed by atoms with Gasteiger partial charge in [0.05, 0.1) is 0 Å². The summed E-state index contributed by atoms with van der Waals surface area (Å²) in [7, 11) is 0. The zero-order valence-electron chi connectivity index (χ0n) is 29.0. The van der Waals surface area contributed by atoms with Crippen molar-refractivity contribution in [2.24, 2.45) is 0 Å². The molecule has 1 heterocycles. The average molecular weight is 673 g/mol. The molecule has 1 heteroatoms. The molecule has 0 spiro atoms. The molecule has 0 atom stereocenters. The fourth-order valence-electron chi connectivity index (χ4n) is 8.99. The van der Waals surface area contributed by atoms with Gasteiger partial charge in [0.2, 0.25) is 0 Å². The van der Waals surface area contributed by atoms with Gasteiger partial charge in [-0.15, -0.1) is 0 Å². The van der Waals surface area contributed by atoms with E-state index in [0.29, 0.717) is 0 Å². The normalized spacial score (nSPS) is 12.7. The van der Waals surface area contributed by atoms with Crippen LogP contribution in [0.15, 0.2) is 168 Å². The van der Waals surface area contributed by atoms with Crippen LogP contribution in [-0.2, 0) is 0 Å². The molecule has 1 aromatic heterocycles. The Morgan fingerprint density at radius 1 is 0.472 bits per heavy atom. The molecule has 0 amide bonds. The van der Waals surface area contributed by atoms with Crippen LogP contribution in [-0.4, -0.2) is 0 Å². The molecule has 9 aromatic carbocycles. The highest BCUT2D eigenvalue weighted by Crippen LogP contribution is 2.48. The molecule has 1 nitrogen and oxygen atoms in total. The van der Waals surface area contributed by atoms with Crippen molar-refractivity contribution < 1.29 is 4.42 Å². The molecule has 246 valence electrons. The van der Waals surface area contributed by atoms with Crippen molar-refractivity contribution in [3.63, 3.8) is 0 Å². The minimum atomic E-state index is 0.882. The Hall–Kier alpha value is -6.88. The van der Waals surface area contributed by atoms with Gasteiger partial charge >= 0.3 is 0 Å². The van der Waals surface area contributed by atoms with Gasteiger partial charge in [-0.1, -0.05) is 164 Å². The molecular weight excluding hydrogens is 641 g/mol. The zero-order chi connectivity index (χ0) is 34.9. The summed E-state index contributed by atoms with van der Waals surface area (Å²) in [5, 5.41) is 12.0. The molecule has 0 bridgehead atoms. The fourth-order valence-corrected chi connectivity index (χ4v) is 8.99. The lowest BCUT2D eigenvalue weighted by molar-refractivity contribution is 0.670. The molecule has 0 saturated heterocycles. The highest BCUT2D eigenvalue weighted by Gasteiger charge is 2.23. The Kier molecular flexibility index (Phi) is 6.66. The smallest absolute Gasteiger partial charge is 0.143 e. The van der Waals surface area contributed by atoms with E-state index in [-0.39, 0.29) is 0 Å². The topological polar surface area (TPSA) is 13.1 Å². The molecule has 0 aliphatic heterocycles. The Bertz CT molecular complexity index is 3170. The van der Waals surface area contributed by atoms with Gasteiger partial charge in [-0.25, -0.2) is 0 Å². The molecule has 0 fully saturated rings. The first-order valence-corrected chi connectivity index (χ1v) is 18.4. The predicted molar refractivity (Wildman–Crippen MR) is 222 cm³/mol. The summed E-state index contributed by atoms with van der Waals surface area (Å²) in [5.74, 6) is 0. The monoisotopic (exact) mass is 672 g/mol. The van der Waals surface area contributed by atoms with Gasteiger partial charge in [0, 0.05) is 27.3 Å². The summed E-state index contributed by atoms with van der Waals surface area (Å²) in [4.78, 5) is 0. The maximum absolute atomic E-state index is 6.86. The quantitative estimate of drug-likeness (QED) is 0.181. The molecule has 0 unspecified atom stereocenters. The lowest BCUT2D eigenvalue weighted by Gasteiger charge is -2.20. The fraction of sp³-hybridized carbons (Fsp3) is 0.0385. The number of para-hydroxylation sites is 1. The van der Waals surface area contributed by atoms with Gasteiger partial charge < -0.3 is 4.42 Å². The number of benzene rings is 8. The van der Waals surface area contributed by atoms with Crippen LogP contribution in [0.3, 0.4) is 0 Å². The molecule has 53 heavy (non-hydrogen) atoms. The summed E-state index contributed by atoms with van der Waals surface area (Å²) < 4.78 is 6.86. The Labute approximate surface area is 307 Å². The number of furan rings is 1. The minimum Gasteiger partial charge on any atom is -0.455 e. The van der Waals surface area contributed by atoms with Crippen LogP contribution in [0.25, 0.3) is 99.3 Å². The third-order valence-electron chi connectivity index (χ3n) is 11.2. The molecular formula is C52H32O. The molecule has 1 aliphatic carbocycles. The van der Waals surface area contributed by atoms with E-state index in [4.69, 9.17) is 4.42 Å². The largest absolute Gasteiger partial charge is 0.455 e. The van der Waals surface area contributed by atoms with Crippen LogP contribution in [0.4, 0.5) is 0 Å². The summed E-state index contributed by atoms with van der Waals surface area (Å²) in [6.07, 6.45) is 4.41. The van der Waals surface area contributed by atoms with E-state index in [9.17, 15) is 0 Å². The lowest BCUT2D eigenvalue weighted by atomic mass is 9.82. The average Bonchev–Trinajstić information content (AvgIpc) is 3.62. The maximum Gasteiger partial charge on any atom is 0.143 e. The van der Waals surface area contributed by atoms with Crippen LogP contribution in [0, 0.1) is 12.1 Å². The second kappa shape index (κ2) is 11.8. The van der Waals surface area contributed by atoms with Gasteiger partial charge in [0.25, 0.3) is 0 Å². The lowest BCUT2D eigenvalue weighted by Crippen LogP contribution is -2.29. The summed E-state index contributed by atoms with van der Waals surface area (Å²) in [6, 6.07) is 66.1. The molecule has 11 rings (SSSR count). The van der Waals surface area contributed by atoms with Crippen molar-refractivity contribution in [1.29, 1.82) is 0 Å². The van der Waals surface area contributed by atoms with Crippen molar-refractivity contribution in [2.75, 3.05) is 0 Å². The predicted octanol–water partition coefficient (Wildman–Crippen LogP) is 12.4. The first kappa shape index (κ1) is 29.8. The van der Waals surface area contributed by atoms with Gasteiger partial charge in [0.1, 0.15) is 11.2 Å². The third kappa shape index (κ3) is 4.53. The Morgan fingerprint density at radius 3 is 2.06 bits per heavy atom. The SMILES string of the molecule is c1ccc2c(-c3cccc4oc5c(-c6cccc7ccccc67)cccc5c34)c3ccccc3c(-c3ccccc3C3=c4ccccc4=CCC3)c2c#1. The molecule has 0 N–H and O–H groups in total. The third-order valence-corrected chi connectivity index (χ3v) is 11.2. The van der Waals surface area contributed by atoms with E-state index in [1.54, 1.807) is 0 Å². The minimum absolute atomic E-state index is 0.882. The Morgan fingerprint density at radius 2 is 1.13 bits per heavy atom. The molecule has 0 radical (unpaired) electrons. The second-order valence-corrected chi connectivity index (χ2v) is 14.0. The van der Waals surface area contributed by atoms with E-state index >= 15 is 0 Å². The first-order chi connectivity index (χ1) is 26.3. The summed E-state index contributed by atoms with van der Waals surface area (Å²) in [5.41, 5.74) is 11.5. The van der Waals surface area contributed by atoms with E-state index < -0.39 is 0 Å². The molecule has 0 saturated carbocycles. The van der Waals surface area contributed by atoms with Crippen LogP contribution in [0.5, 0.6) is 0 Å². The maximum atomic E-state index is 6.86. The van der Waals surface area contributed by atoms with Gasteiger partial charge in [-0.3, -0.25) is 0 Å². The van der Waals surface area contributed by atoms with Crippen molar-refractivity contribution in [3.8, 4) is 33.4 Å². The highest BCUT2D eigenvalue weighted by molar-refractivity contribution is 6.26. The molecule has 1 aliphatic rings. The number of hydrogen-bond donors (Lipinski definition) is 0. The van der Waals surface area contributed by atoms with Crippen LogP contribution < -0.4 is 10.4 Å². The van der Waals surface area contributed by atoms with Gasteiger partial charge in [-0.05, 0) is 102 Å². The Balaban J connectivity index is 1.22. The van der Waals surface area contributed by atoms with Crippen LogP contribution in [0.2, 0.25) is 0 Å². The highest BCUT2D eigenvalue weighted by atomic mass is 16.3. The van der Waals surface area contributed by atoms with E-state index in [2.05, 4.69) is 176 Å². The number of hydrogen-bond acceptors (Lipinski definition) is 1. The van der Waals surface area contributed by atoms with E-state index in [1.807, 2.05) is 6.07 Å². The number of fused-ring (bicyclic) bond motifs is 7. The summed E-state index contributed by atoms with van der Waals surface area (Å²) in [6.45, 7) is 0. The zero-order valence-corrected chi connectivity index (χ0v) is 29.0. The number of rotatable bonds is 4. The van der Waals surface area contributed by atoms with Crippen molar-refractivity contribution in [2.45, 2.75) is 12.8 Å². The van der Waals surface area contributed by atoms with Gasteiger partial charge in [0.15, 0.2) is 0 Å². The summed E-state index contributed by atoms with van der Waals surface area (Å²) >= 11 is 0. The van der Waals surface area contributed by atoms with Crippen LogP contribution >= 0.6 is 0 Å². The van der Waals surface area contributed by atoms with Crippen molar-refractivity contribution in [3.05, 3.63) is 192 Å². The van der Waals surface area contributed by atoms with Crippen molar-refractivity contribution in [1.82, 2.24) is 0 Å². The van der Waals surface area contributed by atoms with Gasteiger partial charge in [-0.2, -0.15) is 0 Å². The van der Waals surface area contributed by atoms with Crippen molar-refractivity contribution >= 4 is 65.9 Å². The van der Waals surface area contributed by atoms with E-state index in [0.717, 1.165) is 56.7 Å². The molecule has 10 aromatic rings. The second-order valence-electron chi connectivity index (χ2n) is 14.0. The first-order valence-electron chi connectivity index (χ1n) is 18.4.